The van der Waals surface area contributed by atoms with Gasteiger partial charge in [0.1, 0.15) is 0 Å². The lowest BCUT2D eigenvalue weighted by Crippen LogP contribution is -2.51. The number of nitrogens with zero attached hydrogens (tertiary/aromatic N) is 2. The van der Waals surface area contributed by atoms with E-state index in [2.05, 4.69) is 5.32 Å². The van der Waals surface area contributed by atoms with Crippen molar-refractivity contribution in [2.45, 2.75) is 4.90 Å². The fourth-order valence-corrected chi connectivity index (χ4v) is 5.73. The van der Waals surface area contributed by atoms with E-state index in [4.69, 9.17) is 50.8 Å². The van der Waals surface area contributed by atoms with E-state index in [-0.39, 0.29) is 38.4 Å². The molecule has 0 spiro atoms. The fourth-order valence-electron chi connectivity index (χ4n) is 3.85. The van der Waals surface area contributed by atoms with Crippen molar-refractivity contribution in [3.8, 4) is 0 Å². The smallest absolute Gasteiger partial charge is 0.338 e. The third-order valence-corrected chi connectivity index (χ3v) is 8.59. The molecule has 1 aliphatic rings. The summed E-state index contributed by atoms with van der Waals surface area (Å²) in [6.45, 7) is 1.61. The van der Waals surface area contributed by atoms with Crippen molar-refractivity contribution in [2.75, 3.05) is 37.2 Å². The van der Waals surface area contributed by atoms with Gasteiger partial charge in [0.2, 0.25) is 5.91 Å². The lowest BCUT2D eigenvalue weighted by atomic mass is 10.1. The quantitative estimate of drug-likeness (QED) is 0.189. The number of nitrogens with one attached hydrogen (secondary N) is 1. The molecular weight excluding hydrogens is 612 g/mol. The largest absolute Gasteiger partial charge is 0.478 e. The first kappa shape index (κ1) is 29.1. The highest BCUT2D eigenvalue weighted by Gasteiger charge is 2.29. The normalized spacial score (nSPS) is 13.3. The lowest BCUT2D eigenvalue weighted by molar-refractivity contribution is -0.129. The molecule has 0 atom stereocenters. The number of thioether (sulfide) groups is 1. The number of furan rings is 1. The minimum atomic E-state index is -1.50. The molecule has 3 amide bonds. The van der Waals surface area contributed by atoms with E-state index in [0.29, 0.717) is 36.8 Å². The summed E-state index contributed by atoms with van der Waals surface area (Å²) in [6.07, 6.45) is 1.44. The monoisotopic (exact) mass is 629 g/mol. The molecule has 1 aliphatic heterocycles. The third kappa shape index (κ3) is 6.47. The van der Waals surface area contributed by atoms with Gasteiger partial charge in [-0.1, -0.05) is 52.5 Å². The second kappa shape index (κ2) is 12.5. The molecule has 204 valence electrons. The van der Waals surface area contributed by atoms with Crippen molar-refractivity contribution in [1.29, 1.82) is 0 Å². The maximum absolute atomic E-state index is 13.0. The van der Waals surface area contributed by atoms with Gasteiger partial charge in [-0.3, -0.25) is 14.4 Å². The maximum Gasteiger partial charge on any atom is 0.338 e. The van der Waals surface area contributed by atoms with Crippen LogP contribution in [0.4, 0.5) is 5.69 Å². The molecule has 1 fully saturated rings. The summed E-state index contributed by atoms with van der Waals surface area (Å²) in [6, 6.07) is 9.90. The Bertz CT molecular complexity index is 1440. The number of carbonyl (C=O) groups is 4. The summed E-state index contributed by atoms with van der Waals surface area (Å²) in [4.78, 5) is 53.9. The van der Waals surface area contributed by atoms with Crippen LogP contribution in [-0.2, 0) is 4.79 Å². The Morgan fingerprint density at radius 1 is 0.872 bits per heavy atom. The number of benzene rings is 2. The number of aromatic carboxylic acids is 1. The molecule has 0 bridgehead atoms. The van der Waals surface area contributed by atoms with E-state index < -0.39 is 28.0 Å². The average Bonchev–Trinajstić information content (AvgIpc) is 3.47. The van der Waals surface area contributed by atoms with Crippen molar-refractivity contribution >= 4 is 87.5 Å². The van der Waals surface area contributed by atoms with E-state index in [9.17, 15) is 24.3 Å². The molecular formula is C25H19Cl4N3O6S. The number of carbonyl (C=O) groups excluding carboxylic acids is 3. The second-order valence-electron chi connectivity index (χ2n) is 8.23. The summed E-state index contributed by atoms with van der Waals surface area (Å²) in [5, 5.41) is 10.9. The molecule has 3 aromatic rings. The Morgan fingerprint density at radius 2 is 1.51 bits per heavy atom. The van der Waals surface area contributed by atoms with Crippen LogP contribution < -0.4 is 5.32 Å². The van der Waals surface area contributed by atoms with Crippen molar-refractivity contribution in [3.63, 3.8) is 0 Å². The molecule has 39 heavy (non-hydrogen) atoms. The van der Waals surface area contributed by atoms with Crippen LogP contribution in [0.25, 0.3) is 0 Å². The van der Waals surface area contributed by atoms with Gasteiger partial charge in [0.05, 0.1) is 43.2 Å². The summed E-state index contributed by atoms with van der Waals surface area (Å²) in [5.74, 6) is -2.25. The van der Waals surface area contributed by atoms with Gasteiger partial charge in [0.15, 0.2) is 5.76 Å². The molecule has 0 aliphatic carbocycles. The molecule has 0 saturated carbocycles. The average molecular weight is 631 g/mol. The zero-order valence-corrected chi connectivity index (χ0v) is 23.7. The van der Waals surface area contributed by atoms with Gasteiger partial charge in [-0.15, -0.1) is 11.8 Å². The molecule has 2 N–H and O–H groups in total. The Hall–Kier alpha value is -2.89. The number of halogens is 4. The van der Waals surface area contributed by atoms with Crippen LogP contribution in [0.1, 0.15) is 31.3 Å². The molecule has 0 radical (unpaired) electrons. The Labute approximate surface area is 246 Å². The predicted octanol–water partition coefficient (Wildman–Crippen LogP) is 5.92. The van der Waals surface area contributed by atoms with E-state index >= 15 is 0 Å². The summed E-state index contributed by atoms with van der Waals surface area (Å²) >= 11 is 25.4. The summed E-state index contributed by atoms with van der Waals surface area (Å²) in [5.41, 5.74) is -0.672. The number of anilines is 1. The van der Waals surface area contributed by atoms with Gasteiger partial charge in [0.25, 0.3) is 11.8 Å². The van der Waals surface area contributed by atoms with E-state index in [1.54, 1.807) is 46.2 Å². The topological polar surface area (TPSA) is 120 Å². The summed E-state index contributed by atoms with van der Waals surface area (Å²) in [7, 11) is 0. The number of piperazine rings is 1. The van der Waals surface area contributed by atoms with Gasteiger partial charge >= 0.3 is 5.97 Å². The number of amides is 3. The first-order chi connectivity index (χ1) is 18.6. The van der Waals surface area contributed by atoms with Crippen LogP contribution in [-0.4, -0.2) is 70.5 Å². The number of hydrogen-bond acceptors (Lipinski definition) is 6. The highest BCUT2D eigenvalue weighted by molar-refractivity contribution is 8.00. The molecule has 1 aromatic heterocycles. The van der Waals surface area contributed by atoms with E-state index in [0.717, 1.165) is 0 Å². The van der Waals surface area contributed by atoms with Crippen LogP contribution in [0.15, 0.2) is 52.0 Å². The molecule has 0 unspecified atom stereocenters. The highest BCUT2D eigenvalue weighted by Crippen LogP contribution is 2.42. The maximum atomic E-state index is 13.0. The predicted molar refractivity (Wildman–Crippen MR) is 150 cm³/mol. The number of carboxylic acid groups (broad SMARTS) is 1. The van der Waals surface area contributed by atoms with Crippen LogP contribution in [0.5, 0.6) is 0 Å². The molecule has 9 nitrogen and oxygen atoms in total. The number of carboxylic acids is 1. The fraction of sp³-hybridized carbons (Fsp3) is 0.200. The van der Waals surface area contributed by atoms with E-state index in [1.807, 2.05) is 0 Å². The van der Waals surface area contributed by atoms with E-state index in [1.165, 1.54) is 18.0 Å². The zero-order valence-electron chi connectivity index (χ0n) is 19.9. The van der Waals surface area contributed by atoms with Crippen LogP contribution >= 0.6 is 58.2 Å². The third-order valence-electron chi connectivity index (χ3n) is 5.81. The van der Waals surface area contributed by atoms with Crippen molar-refractivity contribution in [1.82, 2.24) is 9.80 Å². The Kier molecular flexibility index (Phi) is 9.35. The number of hydrogen-bond donors (Lipinski definition) is 2. The standard InChI is InChI=1S/C25H19Cl4N3O6S/c26-19-17(18(25(36)37)20(27)22(29)21(19)28)23(34)30-13-3-1-4-14(11-13)39-12-16(33)31-6-8-32(9-7-31)24(35)15-5-2-10-38-15/h1-5,10-11H,6-9,12H2,(H,30,34)(H,36,37). The Morgan fingerprint density at radius 3 is 2.13 bits per heavy atom. The van der Waals surface area contributed by atoms with Gasteiger partial charge in [-0.2, -0.15) is 0 Å². The minimum absolute atomic E-state index is 0.0946. The lowest BCUT2D eigenvalue weighted by Gasteiger charge is -2.34. The molecule has 1 saturated heterocycles. The first-order valence-electron chi connectivity index (χ1n) is 11.3. The second-order valence-corrected chi connectivity index (χ2v) is 10.8. The highest BCUT2D eigenvalue weighted by atomic mass is 35.5. The number of rotatable bonds is 7. The van der Waals surface area contributed by atoms with Gasteiger partial charge < -0.3 is 24.6 Å². The van der Waals surface area contributed by atoms with Crippen molar-refractivity contribution < 1.29 is 28.7 Å². The molecule has 2 heterocycles. The van der Waals surface area contributed by atoms with Gasteiger partial charge in [-0.05, 0) is 30.3 Å². The zero-order chi connectivity index (χ0) is 28.3. The van der Waals surface area contributed by atoms with Gasteiger partial charge in [-0.25, -0.2) is 4.79 Å². The van der Waals surface area contributed by atoms with Crippen molar-refractivity contribution in [3.05, 3.63) is 79.6 Å². The molecule has 4 rings (SSSR count). The SMILES string of the molecule is O=C(O)c1c(Cl)c(Cl)c(Cl)c(Cl)c1C(=O)Nc1cccc(SCC(=O)N2CCN(C(=O)c3ccco3)CC2)c1. The summed E-state index contributed by atoms with van der Waals surface area (Å²) < 4.78 is 5.16. The van der Waals surface area contributed by atoms with Crippen molar-refractivity contribution in [2.24, 2.45) is 0 Å². The van der Waals surface area contributed by atoms with Crippen LogP contribution in [0.3, 0.4) is 0 Å². The molecule has 14 heteroatoms. The van der Waals surface area contributed by atoms with Crippen LogP contribution in [0.2, 0.25) is 20.1 Å². The molecule has 2 aromatic carbocycles. The Balaban J connectivity index is 1.37. The first-order valence-corrected chi connectivity index (χ1v) is 13.8. The minimum Gasteiger partial charge on any atom is -0.478 e. The van der Waals surface area contributed by atoms with Crippen LogP contribution in [0, 0.1) is 0 Å². The van der Waals surface area contributed by atoms with Gasteiger partial charge in [0, 0.05) is 36.8 Å².